The molecule has 3 rings (SSSR count). The highest BCUT2D eigenvalue weighted by Gasteiger charge is 2.27. The summed E-state index contributed by atoms with van der Waals surface area (Å²) < 4.78 is 5.24. The van der Waals surface area contributed by atoms with Gasteiger partial charge in [0.2, 0.25) is 23.6 Å². The van der Waals surface area contributed by atoms with Gasteiger partial charge in [-0.3, -0.25) is 19.2 Å². The molecule has 10 nitrogen and oxygen atoms in total. The lowest BCUT2D eigenvalue weighted by atomic mass is 10.2. The predicted octanol–water partition coefficient (Wildman–Crippen LogP) is 1.51. The Kier molecular flexibility index (Phi) is 6.62. The number of rotatable bonds is 7. The van der Waals surface area contributed by atoms with Crippen LogP contribution in [0.5, 0.6) is 5.75 Å². The van der Waals surface area contributed by atoms with Crippen molar-refractivity contribution in [1.82, 2.24) is 10.3 Å². The van der Waals surface area contributed by atoms with E-state index >= 15 is 0 Å². The molecule has 1 aliphatic rings. The van der Waals surface area contributed by atoms with Gasteiger partial charge in [-0.2, -0.15) is 0 Å². The average molecular weight is 431 g/mol. The highest BCUT2D eigenvalue weighted by molar-refractivity contribution is 7.13. The lowest BCUT2D eigenvalue weighted by Gasteiger charge is -2.12. The second kappa shape index (κ2) is 9.35. The van der Waals surface area contributed by atoms with Crippen molar-refractivity contribution in [1.29, 1.82) is 0 Å². The Morgan fingerprint density at radius 2 is 2.07 bits per heavy atom. The fourth-order valence-corrected chi connectivity index (χ4v) is 3.61. The molecule has 0 radical (unpaired) electrons. The molecule has 0 bridgehead atoms. The van der Waals surface area contributed by atoms with Gasteiger partial charge in [-0.15, -0.1) is 11.3 Å². The van der Waals surface area contributed by atoms with Crippen LogP contribution < -0.4 is 26.0 Å². The van der Waals surface area contributed by atoms with Crippen LogP contribution in [0.4, 0.5) is 16.5 Å². The first-order valence-corrected chi connectivity index (χ1v) is 10.0. The Morgan fingerprint density at radius 3 is 2.73 bits per heavy atom. The molecule has 1 unspecified atom stereocenters. The summed E-state index contributed by atoms with van der Waals surface area (Å²) in [5, 5.41) is 12.7. The Bertz CT molecular complexity index is 989. The first-order valence-electron chi connectivity index (χ1n) is 9.14. The zero-order valence-electron chi connectivity index (χ0n) is 16.4. The maximum absolute atomic E-state index is 12.4. The van der Waals surface area contributed by atoms with Gasteiger partial charge in [0.1, 0.15) is 11.8 Å². The largest absolute Gasteiger partial charge is 0.495 e. The molecule has 1 fully saturated rings. The molecule has 0 spiro atoms. The highest BCUT2D eigenvalue weighted by atomic mass is 32.1. The van der Waals surface area contributed by atoms with E-state index < -0.39 is 6.04 Å². The number of amides is 4. The average Bonchev–Trinajstić information content (AvgIpc) is 3.30. The van der Waals surface area contributed by atoms with Crippen LogP contribution in [0.15, 0.2) is 23.6 Å². The van der Waals surface area contributed by atoms with Gasteiger partial charge < -0.3 is 26.0 Å². The Balaban J connectivity index is 1.59. The summed E-state index contributed by atoms with van der Waals surface area (Å²) in [4.78, 5) is 51.3. The number of carbonyl (C=O) groups is 4. The number of anilines is 3. The number of methoxy groups -OCH3 is 1. The highest BCUT2D eigenvalue weighted by Crippen LogP contribution is 2.28. The van der Waals surface area contributed by atoms with Crippen molar-refractivity contribution in [3.8, 4) is 5.75 Å². The first kappa shape index (κ1) is 21.2. The second-order valence-electron chi connectivity index (χ2n) is 6.61. The summed E-state index contributed by atoms with van der Waals surface area (Å²) >= 11 is 1.19. The smallest absolute Gasteiger partial charge is 0.248 e. The fourth-order valence-electron chi connectivity index (χ4n) is 2.89. The van der Waals surface area contributed by atoms with E-state index in [1.165, 1.54) is 25.4 Å². The predicted molar refractivity (Wildman–Crippen MR) is 112 cm³/mol. The molecular formula is C19H21N5O5S. The third-order valence-corrected chi connectivity index (χ3v) is 5.04. The second-order valence-corrected chi connectivity index (χ2v) is 7.47. The quantitative estimate of drug-likeness (QED) is 0.524. The van der Waals surface area contributed by atoms with Crippen LogP contribution in [-0.2, 0) is 25.6 Å². The number of benzene rings is 1. The van der Waals surface area contributed by atoms with Crippen molar-refractivity contribution in [2.24, 2.45) is 0 Å². The van der Waals surface area contributed by atoms with E-state index in [1.807, 2.05) is 0 Å². The van der Waals surface area contributed by atoms with Crippen LogP contribution >= 0.6 is 11.3 Å². The molecule has 11 heteroatoms. The van der Waals surface area contributed by atoms with Gasteiger partial charge in [0.15, 0.2) is 5.13 Å². The number of nitrogens with zero attached hydrogens (tertiary/aromatic N) is 1. The van der Waals surface area contributed by atoms with E-state index in [0.717, 1.165) is 0 Å². The van der Waals surface area contributed by atoms with Crippen LogP contribution in [0.25, 0.3) is 0 Å². The van der Waals surface area contributed by atoms with Crippen LogP contribution in [0.2, 0.25) is 0 Å². The van der Waals surface area contributed by atoms with Gasteiger partial charge in [-0.25, -0.2) is 4.98 Å². The van der Waals surface area contributed by atoms with Gasteiger partial charge in [0.05, 0.1) is 24.9 Å². The van der Waals surface area contributed by atoms with Crippen molar-refractivity contribution in [2.75, 3.05) is 23.1 Å². The number of ether oxygens (including phenoxy) is 1. The number of carbonyl (C=O) groups excluding carboxylic acids is 4. The third-order valence-electron chi connectivity index (χ3n) is 4.23. The van der Waals surface area contributed by atoms with Crippen LogP contribution in [0.1, 0.15) is 25.5 Å². The topological polar surface area (TPSA) is 139 Å². The number of hydrogen-bond donors (Lipinski definition) is 4. The molecule has 158 valence electrons. The molecule has 4 N–H and O–H groups in total. The molecule has 1 saturated heterocycles. The van der Waals surface area contributed by atoms with E-state index in [1.54, 1.807) is 23.6 Å². The molecule has 4 amide bonds. The Labute approximate surface area is 176 Å². The molecule has 2 heterocycles. The lowest BCUT2D eigenvalue weighted by molar-refractivity contribution is -0.122. The number of thiazole rings is 1. The zero-order valence-corrected chi connectivity index (χ0v) is 17.2. The van der Waals surface area contributed by atoms with Crippen molar-refractivity contribution in [3.05, 3.63) is 29.3 Å². The van der Waals surface area contributed by atoms with Crippen molar-refractivity contribution < 1.29 is 23.9 Å². The molecule has 0 saturated carbocycles. The van der Waals surface area contributed by atoms with E-state index in [4.69, 9.17) is 4.74 Å². The fraction of sp³-hybridized carbons (Fsp3) is 0.316. The number of nitrogens with one attached hydrogen (secondary N) is 4. The maximum Gasteiger partial charge on any atom is 0.248 e. The normalized spacial score (nSPS) is 15.3. The maximum atomic E-state index is 12.4. The molecule has 2 aromatic rings. The van der Waals surface area contributed by atoms with Gasteiger partial charge in [-0.1, -0.05) is 0 Å². The summed E-state index contributed by atoms with van der Waals surface area (Å²) in [6.45, 7) is 1.39. The van der Waals surface area contributed by atoms with Gasteiger partial charge in [0, 0.05) is 24.4 Å². The minimum Gasteiger partial charge on any atom is -0.495 e. The van der Waals surface area contributed by atoms with Gasteiger partial charge in [0.25, 0.3) is 0 Å². The molecule has 30 heavy (non-hydrogen) atoms. The minimum absolute atomic E-state index is 0.0138. The molecule has 0 aliphatic carbocycles. The third kappa shape index (κ3) is 5.54. The SMILES string of the molecule is COc1ccc(NC(C)=O)cc1NC(=O)Cc1csc(NC(=O)C2CCC(=O)N2)n1. The standard InChI is InChI=1S/C19H21N5O5S/c1-10(25)20-11-3-5-15(29-2)14(7-11)23-17(27)8-12-9-30-19(21-12)24-18(28)13-4-6-16(26)22-13/h3,5,7,9,13H,4,6,8H2,1-2H3,(H,20,25)(H,22,26)(H,23,27)(H,21,24,28). The van der Waals surface area contributed by atoms with Crippen LogP contribution in [0, 0.1) is 0 Å². The number of hydrogen-bond acceptors (Lipinski definition) is 7. The molecule has 1 aromatic carbocycles. The molecule has 1 aliphatic heterocycles. The summed E-state index contributed by atoms with van der Waals surface area (Å²) in [6.07, 6.45) is 0.763. The van der Waals surface area contributed by atoms with E-state index in [-0.39, 0.29) is 30.0 Å². The number of aromatic nitrogens is 1. The monoisotopic (exact) mass is 431 g/mol. The minimum atomic E-state index is -0.559. The van der Waals surface area contributed by atoms with Crippen LogP contribution in [0.3, 0.4) is 0 Å². The lowest BCUT2D eigenvalue weighted by Crippen LogP contribution is -2.37. The summed E-state index contributed by atoms with van der Waals surface area (Å²) in [7, 11) is 1.48. The van der Waals surface area contributed by atoms with E-state index in [9.17, 15) is 19.2 Å². The van der Waals surface area contributed by atoms with E-state index in [2.05, 4.69) is 26.3 Å². The molecule has 1 atom stereocenters. The van der Waals surface area contributed by atoms with Crippen molar-refractivity contribution in [3.63, 3.8) is 0 Å². The Morgan fingerprint density at radius 1 is 1.27 bits per heavy atom. The van der Waals surface area contributed by atoms with Gasteiger partial charge in [-0.05, 0) is 24.6 Å². The van der Waals surface area contributed by atoms with Gasteiger partial charge >= 0.3 is 0 Å². The Hall–Kier alpha value is -3.47. The molecule has 1 aromatic heterocycles. The summed E-state index contributed by atoms with van der Waals surface area (Å²) in [5.74, 6) is -0.594. The summed E-state index contributed by atoms with van der Waals surface area (Å²) in [5.41, 5.74) is 1.42. The summed E-state index contributed by atoms with van der Waals surface area (Å²) in [6, 6.07) is 4.34. The van der Waals surface area contributed by atoms with Crippen LogP contribution in [-0.4, -0.2) is 41.8 Å². The van der Waals surface area contributed by atoms with Crippen molar-refractivity contribution >= 4 is 51.5 Å². The van der Waals surface area contributed by atoms with Crippen molar-refractivity contribution in [2.45, 2.75) is 32.2 Å². The molecular weight excluding hydrogens is 410 g/mol. The first-order chi connectivity index (χ1) is 14.3. The zero-order chi connectivity index (χ0) is 21.7. The van der Waals surface area contributed by atoms with E-state index in [0.29, 0.717) is 40.8 Å².